The summed E-state index contributed by atoms with van der Waals surface area (Å²) in [4.78, 5) is 63.4. The summed E-state index contributed by atoms with van der Waals surface area (Å²) in [5.41, 5.74) is 0.269. The maximum Gasteiger partial charge on any atom is 0.407 e. The number of benzene rings is 2. The van der Waals surface area contributed by atoms with Crippen molar-refractivity contribution < 1.29 is 42.6 Å². The SMILES string of the molecule is CN(CCOc1cccc(C(F)(F)C(=O)N(C)c2ccc3c(c2)CN(C2CCC(=O)NC2=O)C3=O)c1)C(=O)O. The van der Waals surface area contributed by atoms with Gasteiger partial charge in [0.25, 0.3) is 5.91 Å². The van der Waals surface area contributed by atoms with Crippen LogP contribution in [0.1, 0.15) is 34.3 Å². The van der Waals surface area contributed by atoms with E-state index in [1.165, 1.54) is 49.3 Å². The zero-order valence-electron chi connectivity index (χ0n) is 21.1. The topological polar surface area (TPSA) is 137 Å². The monoisotopic (exact) mass is 544 g/mol. The van der Waals surface area contributed by atoms with Crippen molar-refractivity contribution in [2.45, 2.75) is 31.4 Å². The third-order valence-corrected chi connectivity index (χ3v) is 6.69. The summed E-state index contributed by atoms with van der Waals surface area (Å²) >= 11 is 0. The first-order chi connectivity index (χ1) is 18.4. The fourth-order valence-electron chi connectivity index (χ4n) is 4.40. The minimum atomic E-state index is -3.93. The Hall–Kier alpha value is -4.55. The first kappa shape index (κ1) is 27.5. The van der Waals surface area contributed by atoms with Crippen LogP contribution in [-0.2, 0) is 26.9 Å². The van der Waals surface area contributed by atoms with Gasteiger partial charge < -0.3 is 24.5 Å². The van der Waals surface area contributed by atoms with Crippen molar-refractivity contribution in [1.82, 2.24) is 15.1 Å². The molecular formula is C26H26F2N4O7. The van der Waals surface area contributed by atoms with Crippen LogP contribution >= 0.6 is 0 Å². The van der Waals surface area contributed by atoms with Gasteiger partial charge in [-0.2, -0.15) is 8.78 Å². The van der Waals surface area contributed by atoms with Crippen molar-refractivity contribution in [3.63, 3.8) is 0 Å². The number of nitrogens with zero attached hydrogens (tertiary/aromatic N) is 3. The van der Waals surface area contributed by atoms with Gasteiger partial charge in [-0.25, -0.2) is 4.79 Å². The summed E-state index contributed by atoms with van der Waals surface area (Å²) in [5, 5.41) is 11.1. The lowest BCUT2D eigenvalue weighted by Gasteiger charge is -2.29. The molecule has 1 atom stereocenters. The molecule has 2 aliphatic heterocycles. The Balaban J connectivity index is 1.47. The van der Waals surface area contributed by atoms with Crippen LogP contribution in [-0.4, -0.2) is 77.9 Å². The zero-order chi connectivity index (χ0) is 28.5. The van der Waals surface area contributed by atoms with E-state index in [0.29, 0.717) is 5.56 Å². The van der Waals surface area contributed by atoms with Crippen LogP contribution in [0.4, 0.5) is 19.3 Å². The van der Waals surface area contributed by atoms with E-state index in [0.717, 1.165) is 21.9 Å². The fraction of sp³-hybridized carbons (Fsp3) is 0.346. The van der Waals surface area contributed by atoms with Gasteiger partial charge in [0.2, 0.25) is 11.8 Å². The summed E-state index contributed by atoms with van der Waals surface area (Å²) < 4.78 is 35.9. The number of hydrogen-bond donors (Lipinski definition) is 2. The van der Waals surface area contributed by atoms with Gasteiger partial charge in [-0.3, -0.25) is 24.5 Å². The highest BCUT2D eigenvalue weighted by atomic mass is 19.3. The summed E-state index contributed by atoms with van der Waals surface area (Å²) in [6, 6.07) is 8.24. The van der Waals surface area contributed by atoms with E-state index in [1.54, 1.807) is 0 Å². The molecule has 11 nitrogen and oxygen atoms in total. The van der Waals surface area contributed by atoms with Crippen LogP contribution in [0.15, 0.2) is 42.5 Å². The standard InChI is InChI=1S/C26H26F2N4O7/c1-30(25(37)38)10-11-39-18-5-3-4-16(13-18)26(27,28)24(36)31(2)17-6-7-19-15(12-17)14-32(23(19)35)20-8-9-21(33)29-22(20)34/h3-7,12-13,20H,8-11,14H2,1-2H3,(H,37,38)(H,29,33,34). The first-order valence-electron chi connectivity index (χ1n) is 12.0. The molecule has 0 spiro atoms. The number of nitrogens with one attached hydrogen (secondary N) is 1. The quantitative estimate of drug-likeness (QED) is 0.486. The number of rotatable bonds is 8. The van der Waals surface area contributed by atoms with Crippen molar-refractivity contribution in [3.8, 4) is 5.75 Å². The third-order valence-electron chi connectivity index (χ3n) is 6.69. The first-order valence-corrected chi connectivity index (χ1v) is 12.0. The molecule has 13 heteroatoms. The smallest absolute Gasteiger partial charge is 0.407 e. The van der Waals surface area contributed by atoms with E-state index >= 15 is 8.78 Å². The summed E-state index contributed by atoms with van der Waals surface area (Å²) in [6.45, 7) is -0.0298. The number of fused-ring (bicyclic) bond motifs is 1. The molecule has 206 valence electrons. The molecule has 4 rings (SSSR count). The summed E-state index contributed by atoms with van der Waals surface area (Å²) in [6.07, 6.45) is -0.882. The maximum atomic E-state index is 15.3. The van der Waals surface area contributed by atoms with Crippen molar-refractivity contribution in [2.75, 3.05) is 32.1 Å². The Morgan fingerprint density at radius 2 is 1.90 bits per heavy atom. The van der Waals surface area contributed by atoms with Crippen molar-refractivity contribution in [3.05, 3.63) is 59.2 Å². The lowest BCUT2D eigenvalue weighted by Crippen LogP contribution is -2.52. The molecule has 0 radical (unpaired) electrons. The molecule has 5 amide bonds. The van der Waals surface area contributed by atoms with E-state index < -0.39 is 47.2 Å². The minimum Gasteiger partial charge on any atom is -0.492 e. The second-order valence-corrected chi connectivity index (χ2v) is 9.26. The molecule has 0 bridgehead atoms. The van der Waals surface area contributed by atoms with Gasteiger partial charge in [-0.15, -0.1) is 0 Å². The number of likely N-dealkylation sites (N-methyl/N-ethyl adjacent to an activating group) is 2. The number of carboxylic acid groups (broad SMARTS) is 1. The number of carbonyl (C=O) groups excluding carboxylic acids is 4. The van der Waals surface area contributed by atoms with Crippen molar-refractivity contribution in [2.24, 2.45) is 0 Å². The van der Waals surface area contributed by atoms with Crippen molar-refractivity contribution >= 4 is 35.4 Å². The van der Waals surface area contributed by atoms with Gasteiger partial charge in [-0.1, -0.05) is 12.1 Å². The Morgan fingerprint density at radius 1 is 1.15 bits per heavy atom. The van der Waals surface area contributed by atoms with Crippen molar-refractivity contribution in [1.29, 1.82) is 0 Å². The number of anilines is 1. The molecular weight excluding hydrogens is 518 g/mol. The van der Waals surface area contributed by atoms with E-state index in [2.05, 4.69) is 5.32 Å². The largest absolute Gasteiger partial charge is 0.492 e. The Morgan fingerprint density at radius 3 is 2.59 bits per heavy atom. The van der Waals surface area contributed by atoms with E-state index in [1.807, 2.05) is 0 Å². The molecule has 2 heterocycles. The van der Waals surface area contributed by atoms with Gasteiger partial charge in [0.1, 0.15) is 18.4 Å². The summed E-state index contributed by atoms with van der Waals surface area (Å²) in [5.74, 6) is -6.80. The van der Waals surface area contributed by atoms with Gasteiger partial charge >= 0.3 is 17.9 Å². The van der Waals surface area contributed by atoms with Gasteiger partial charge in [0.15, 0.2) is 0 Å². The third kappa shape index (κ3) is 5.52. The molecule has 1 saturated heterocycles. The average Bonchev–Trinajstić information content (AvgIpc) is 3.23. The van der Waals surface area contributed by atoms with Crippen LogP contribution in [0.3, 0.4) is 0 Å². The number of ether oxygens (including phenoxy) is 1. The number of amides is 5. The number of imide groups is 1. The molecule has 0 aromatic heterocycles. The van der Waals surface area contributed by atoms with Crippen LogP contribution in [0.5, 0.6) is 5.75 Å². The van der Waals surface area contributed by atoms with E-state index in [9.17, 15) is 24.0 Å². The second kappa shape index (κ2) is 10.7. The number of alkyl halides is 2. The molecule has 0 aliphatic carbocycles. The van der Waals surface area contributed by atoms with Gasteiger partial charge in [0.05, 0.1) is 6.54 Å². The highest BCUT2D eigenvalue weighted by Crippen LogP contribution is 2.35. The molecule has 2 N–H and O–H groups in total. The fourth-order valence-corrected chi connectivity index (χ4v) is 4.40. The lowest BCUT2D eigenvalue weighted by atomic mass is 10.0. The lowest BCUT2D eigenvalue weighted by molar-refractivity contribution is -0.143. The van der Waals surface area contributed by atoms with Crippen LogP contribution in [0, 0.1) is 0 Å². The Bertz CT molecular complexity index is 1350. The molecule has 1 unspecified atom stereocenters. The average molecular weight is 545 g/mol. The molecule has 2 aromatic carbocycles. The van der Waals surface area contributed by atoms with E-state index in [4.69, 9.17) is 9.84 Å². The molecule has 0 saturated carbocycles. The highest BCUT2D eigenvalue weighted by molar-refractivity contribution is 6.06. The number of carbonyl (C=O) groups is 5. The maximum absolute atomic E-state index is 15.3. The number of hydrogen-bond acceptors (Lipinski definition) is 6. The molecule has 1 fully saturated rings. The highest BCUT2D eigenvalue weighted by Gasteiger charge is 2.44. The molecule has 2 aromatic rings. The van der Waals surface area contributed by atoms with Crippen LogP contribution in [0.25, 0.3) is 0 Å². The zero-order valence-corrected chi connectivity index (χ0v) is 21.1. The predicted octanol–water partition coefficient (Wildman–Crippen LogP) is 2.19. The number of halogens is 2. The van der Waals surface area contributed by atoms with Crippen LogP contribution < -0.4 is 15.0 Å². The predicted molar refractivity (Wildman–Crippen MR) is 132 cm³/mol. The Labute approximate surface area is 221 Å². The van der Waals surface area contributed by atoms with Gasteiger partial charge in [0, 0.05) is 43.9 Å². The minimum absolute atomic E-state index is 0.0133. The Kier molecular flexibility index (Phi) is 7.52. The second-order valence-electron chi connectivity index (χ2n) is 9.26. The van der Waals surface area contributed by atoms with Gasteiger partial charge in [-0.05, 0) is 42.3 Å². The molecule has 2 aliphatic rings. The summed E-state index contributed by atoms with van der Waals surface area (Å²) in [7, 11) is 2.53. The number of piperidine rings is 1. The van der Waals surface area contributed by atoms with Crippen LogP contribution in [0.2, 0.25) is 0 Å². The van der Waals surface area contributed by atoms with E-state index in [-0.39, 0.29) is 49.5 Å². The normalized spacial score (nSPS) is 17.0. The molecule has 39 heavy (non-hydrogen) atoms.